The van der Waals surface area contributed by atoms with Crippen LogP contribution in [0.4, 0.5) is 0 Å². The second-order valence-electron chi connectivity index (χ2n) is 4.47. The molecule has 0 radical (unpaired) electrons. The van der Waals surface area contributed by atoms with Crippen molar-refractivity contribution >= 4 is 11.3 Å². The maximum Gasteiger partial charge on any atom is 0.0941 e. The Balaban J connectivity index is 2.43. The molecular weight excluding hydrogens is 218 g/mol. The summed E-state index contributed by atoms with van der Waals surface area (Å²) in [6, 6.07) is 0.129. The fourth-order valence-corrected chi connectivity index (χ4v) is 2.35. The van der Waals surface area contributed by atoms with Gasteiger partial charge in [-0.3, -0.25) is 0 Å². The first-order valence-corrected chi connectivity index (χ1v) is 6.86. The molecule has 4 heteroatoms. The van der Waals surface area contributed by atoms with Crippen molar-refractivity contribution in [3.05, 3.63) is 16.1 Å². The number of hydrogen-bond acceptors (Lipinski definition) is 4. The summed E-state index contributed by atoms with van der Waals surface area (Å²) in [6.07, 6.45) is 4.46. The molecule has 0 aliphatic carbocycles. The van der Waals surface area contributed by atoms with Crippen molar-refractivity contribution in [3.8, 4) is 0 Å². The quantitative estimate of drug-likeness (QED) is 0.797. The summed E-state index contributed by atoms with van der Waals surface area (Å²) in [5.41, 5.74) is 7.16. The van der Waals surface area contributed by atoms with Crippen molar-refractivity contribution in [2.45, 2.75) is 38.6 Å². The van der Waals surface area contributed by atoms with Crippen LogP contribution < -0.4 is 5.73 Å². The molecule has 0 aromatic carbocycles. The molecule has 0 saturated carbocycles. The number of nitrogens with two attached hydrogens (primary N) is 1. The molecule has 1 unspecified atom stereocenters. The smallest absolute Gasteiger partial charge is 0.0941 e. The molecule has 1 heterocycles. The van der Waals surface area contributed by atoms with E-state index in [1.165, 1.54) is 17.8 Å². The largest absolute Gasteiger partial charge is 0.323 e. The van der Waals surface area contributed by atoms with Gasteiger partial charge in [-0.1, -0.05) is 19.8 Å². The zero-order valence-corrected chi connectivity index (χ0v) is 11.4. The number of nitrogens with zero attached hydrogens (tertiary/aromatic N) is 2. The highest BCUT2D eigenvalue weighted by Gasteiger charge is 2.10. The highest BCUT2D eigenvalue weighted by atomic mass is 32.1. The minimum Gasteiger partial charge on any atom is -0.323 e. The summed E-state index contributed by atoms with van der Waals surface area (Å²) < 4.78 is 0. The van der Waals surface area contributed by atoms with Crippen LogP contribution in [-0.2, 0) is 6.42 Å². The molecule has 92 valence electrons. The van der Waals surface area contributed by atoms with E-state index < -0.39 is 0 Å². The third-order valence-electron chi connectivity index (χ3n) is 2.59. The number of thiazole rings is 1. The molecule has 1 rings (SSSR count). The molecule has 0 spiro atoms. The molecule has 0 fully saturated rings. The molecule has 16 heavy (non-hydrogen) atoms. The van der Waals surface area contributed by atoms with Crippen LogP contribution in [-0.4, -0.2) is 30.5 Å². The fraction of sp³-hybridized carbons (Fsp3) is 0.750. The Labute approximate surface area is 103 Å². The van der Waals surface area contributed by atoms with Crippen molar-refractivity contribution in [1.82, 2.24) is 9.88 Å². The van der Waals surface area contributed by atoms with Gasteiger partial charge in [-0.25, -0.2) is 4.98 Å². The molecule has 1 aromatic heterocycles. The SMILES string of the molecule is CCCCC(N)c1csc(CCN(C)C)n1. The molecule has 2 N–H and O–H groups in total. The first kappa shape index (κ1) is 13.6. The summed E-state index contributed by atoms with van der Waals surface area (Å²) in [6.45, 7) is 3.24. The fourth-order valence-electron chi connectivity index (χ4n) is 1.50. The van der Waals surface area contributed by atoms with E-state index >= 15 is 0 Å². The Morgan fingerprint density at radius 3 is 2.88 bits per heavy atom. The van der Waals surface area contributed by atoms with Gasteiger partial charge in [0.25, 0.3) is 0 Å². The lowest BCUT2D eigenvalue weighted by molar-refractivity contribution is 0.413. The van der Waals surface area contributed by atoms with Crippen molar-refractivity contribution in [2.75, 3.05) is 20.6 Å². The molecule has 1 atom stereocenters. The van der Waals surface area contributed by atoms with Crippen molar-refractivity contribution < 1.29 is 0 Å². The van der Waals surface area contributed by atoms with Crippen LogP contribution in [0, 0.1) is 0 Å². The molecular formula is C12H23N3S. The summed E-state index contributed by atoms with van der Waals surface area (Å²) in [4.78, 5) is 6.78. The van der Waals surface area contributed by atoms with E-state index in [1.54, 1.807) is 11.3 Å². The minimum atomic E-state index is 0.129. The van der Waals surface area contributed by atoms with Gasteiger partial charge in [-0.15, -0.1) is 11.3 Å². The van der Waals surface area contributed by atoms with Crippen LogP contribution in [0.1, 0.15) is 42.9 Å². The average Bonchev–Trinajstić information content (AvgIpc) is 2.71. The molecule has 0 saturated heterocycles. The van der Waals surface area contributed by atoms with Crippen LogP contribution in [0.25, 0.3) is 0 Å². The Bertz CT molecular complexity index is 296. The normalized spacial score (nSPS) is 13.3. The van der Waals surface area contributed by atoms with E-state index in [2.05, 4.69) is 36.3 Å². The van der Waals surface area contributed by atoms with Gasteiger partial charge < -0.3 is 10.6 Å². The van der Waals surface area contributed by atoms with Crippen LogP contribution in [0.5, 0.6) is 0 Å². The number of aromatic nitrogens is 1. The highest BCUT2D eigenvalue weighted by molar-refractivity contribution is 7.09. The lowest BCUT2D eigenvalue weighted by Gasteiger charge is -2.08. The summed E-state index contributed by atoms with van der Waals surface area (Å²) >= 11 is 1.74. The lowest BCUT2D eigenvalue weighted by Crippen LogP contribution is -2.15. The van der Waals surface area contributed by atoms with Crippen LogP contribution in [0.2, 0.25) is 0 Å². The standard InChI is InChI=1S/C12H23N3S/c1-4-5-6-10(13)11-9-16-12(14-11)7-8-15(2)3/h9-10H,4-8,13H2,1-3H3. The van der Waals surface area contributed by atoms with E-state index in [0.717, 1.165) is 25.1 Å². The zero-order valence-electron chi connectivity index (χ0n) is 10.6. The molecule has 0 aliphatic rings. The average molecular weight is 241 g/mol. The van der Waals surface area contributed by atoms with Gasteiger partial charge in [0.2, 0.25) is 0 Å². The predicted octanol–water partition coefficient (Wildman–Crippen LogP) is 2.44. The summed E-state index contributed by atoms with van der Waals surface area (Å²) in [7, 11) is 4.17. The van der Waals surface area contributed by atoms with Gasteiger partial charge in [0.15, 0.2) is 0 Å². The van der Waals surface area contributed by atoms with E-state index in [0.29, 0.717) is 0 Å². The lowest BCUT2D eigenvalue weighted by atomic mass is 10.1. The molecule has 0 amide bonds. The van der Waals surface area contributed by atoms with Crippen LogP contribution in [0.15, 0.2) is 5.38 Å². The topological polar surface area (TPSA) is 42.1 Å². The van der Waals surface area contributed by atoms with E-state index in [4.69, 9.17) is 5.73 Å². The van der Waals surface area contributed by atoms with Crippen molar-refractivity contribution in [1.29, 1.82) is 0 Å². The van der Waals surface area contributed by atoms with Gasteiger partial charge in [0.1, 0.15) is 0 Å². The Kier molecular flexibility index (Phi) is 5.95. The second kappa shape index (κ2) is 6.99. The maximum atomic E-state index is 6.08. The third kappa shape index (κ3) is 4.60. The summed E-state index contributed by atoms with van der Waals surface area (Å²) in [5.74, 6) is 0. The predicted molar refractivity (Wildman–Crippen MR) is 70.8 cm³/mol. The molecule has 3 nitrogen and oxygen atoms in total. The van der Waals surface area contributed by atoms with Crippen LogP contribution >= 0.6 is 11.3 Å². The number of unbranched alkanes of at least 4 members (excludes halogenated alkanes) is 1. The highest BCUT2D eigenvalue weighted by Crippen LogP contribution is 2.19. The monoisotopic (exact) mass is 241 g/mol. The van der Waals surface area contributed by atoms with E-state index in [9.17, 15) is 0 Å². The van der Waals surface area contributed by atoms with Gasteiger partial charge in [-0.05, 0) is 20.5 Å². The summed E-state index contributed by atoms with van der Waals surface area (Å²) in [5, 5.41) is 3.32. The van der Waals surface area contributed by atoms with E-state index in [-0.39, 0.29) is 6.04 Å². The number of likely N-dealkylation sites (N-methyl/N-ethyl adjacent to an activating group) is 1. The Morgan fingerprint density at radius 2 is 2.25 bits per heavy atom. The minimum absolute atomic E-state index is 0.129. The zero-order chi connectivity index (χ0) is 12.0. The Morgan fingerprint density at radius 1 is 1.50 bits per heavy atom. The second-order valence-corrected chi connectivity index (χ2v) is 5.41. The van der Waals surface area contributed by atoms with Gasteiger partial charge in [0, 0.05) is 24.4 Å². The molecule has 0 aliphatic heterocycles. The van der Waals surface area contributed by atoms with Crippen molar-refractivity contribution in [3.63, 3.8) is 0 Å². The van der Waals surface area contributed by atoms with Gasteiger partial charge >= 0.3 is 0 Å². The van der Waals surface area contributed by atoms with Gasteiger partial charge in [-0.2, -0.15) is 0 Å². The van der Waals surface area contributed by atoms with E-state index in [1.807, 2.05) is 0 Å². The molecule has 1 aromatic rings. The first-order chi connectivity index (χ1) is 7.63. The number of rotatable bonds is 7. The Hall–Kier alpha value is -0.450. The third-order valence-corrected chi connectivity index (χ3v) is 3.52. The first-order valence-electron chi connectivity index (χ1n) is 5.98. The maximum absolute atomic E-state index is 6.08. The van der Waals surface area contributed by atoms with Crippen molar-refractivity contribution in [2.24, 2.45) is 5.73 Å². The number of hydrogen-bond donors (Lipinski definition) is 1. The molecule has 0 bridgehead atoms. The van der Waals surface area contributed by atoms with Crippen LogP contribution in [0.3, 0.4) is 0 Å². The van der Waals surface area contributed by atoms with Gasteiger partial charge in [0.05, 0.1) is 10.7 Å².